The Morgan fingerprint density at radius 3 is 2.65 bits per heavy atom. The summed E-state index contributed by atoms with van der Waals surface area (Å²) in [7, 11) is 0. The van der Waals surface area contributed by atoms with Crippen molar-refractivity contribution in [2.24, 2.45) is 0 Å². The first-order valence-corrected chi connectivity index (χ1v) is 8.35. The molecule has 0 spiro atoms. The van der Waals surface area contributed by atoms with Crippen LogP contribution >= 0.6 is 0 Å². The standard InChI is InChI=1S/C19H25N3O/c1-15-16(6-4-10-20-15)13-21-19-7-3-2-5-17(19)14-22-11-8-18(23)9-12-22/h2-7,10,18,21,23H,8-9,11-14H2,1H3. The summed E-state index contributed by atoms with van der Waals surface area (Å²) >= 11 is 0. The topological polar surface area (TPSA) is 48.4 Å². The van der Waals surface area contributed by atoms with Gasteiger partial charge in [-0.15, -0.1) is 0 Å². The number of nitrogens with one attached hydrogen (secondary N) is 1. The van der Waals surface area contributed by atoms with Gasteiger partial charge in [0.2, 0.25) is 0 Å². The van der Waals surface area contributed by atoms with E-state index in [4.69, 9.17) is 0 Å². The molecular formula is C19H25N3O. The van der Waals surface area contributed by atoms with Crippen molar-refractivity contribution in [3.8, 4) is 0 Å². The number of piperidine rings is 1. The lowest BCUT2D eigenvalue weighted by molar-refractivity contribution is 0.0793. The molecule has 4 heteroatoms. The normalized spacial score (nSPS) is 16.4. The van der Waals surface area contributed by atoms with E-state index in [0.29, 0.717) is 0 Å². The monoisotopic (exact) mass is 311 g/mol. The van der Waals surface area contributed by atoms with Crippen LogP contribution in [0.4, 0.5) is 5.69 Å². The fourth-order valence-corrected chi connectivity index (χ4v) is 3.04. The molecule has 1 aliphatic heterocycles. The first-order valence-electron chi connectivity index (χ1n) is 8.35. The second-order valence-electron chi connectivity index (χ2n) is 6.27. The highest BCUT2D eigenvalue weighted by molar-refractivity contribution is 5.51. The van der Waals surface area contributed by atoms with Crippen LogP contribution in [0.15, 0.2) is 42.6 Å². The Kier molecular flexibility index (Phi) is 5.26. The summed E-state index contributed by atoms with van der Waals surface area (Å²) in [6.07, 6.45) is 3.47. The second kappa shape index (κ2) is 7.57. The lowest BCUT2D eigenvalue weighted by Gasteiger charge is -2.30. The largest absolute Gasteiger partial charge is 0.393 e. The van der Waals surface area contributed by atoms with Crippen molar-refractivity contribution in [3.05, 3.63) is 59.4 Å². The highest BCUT2D eigenvalue weighted by Crippen LogP contribution is 2.21. The molecule has 0 atom stereocenters. The summed E-state index contributed by atoms with van der Waals surface area (Å²) < 4.78 is 0. The minimum Gasteiger partial charge on any atom is -0.393 e. The van der Waals surface area contributed by atoms with E-state index in [0.717, 1.165) is 44.7 Å². The zero-order valence-corrected chi connectivity index (χ0v) is 13.7. The molecule has 23 heavy (non-hydrogen) atoms. The van der Waals surface area contributed by atoms with Crippen LogP contribution in [0, 0.1) is 6.92 Å². The van der Waals surface area contributed by atoms with Gasteiger partial charge in [-0.25, -0.2) is 0 Å². The molecule has 0 saturated carbocycles. The van der Waals surface area contributed by atoms with Gasteiger partial charge >= 0.3 is 0 Å². The summed E-state index contributed by atoms with van der Waals surface area (Å²) in [5, 5.41) is 13.2. The number of benzene rings is 1. The molecule has 1 aromatic carbocycles. The predicted octanol–water partition coefficient (Wildman–Crippen LogP) is 2.96. The van der Waals surface area contributed by atoms with Crippen molar-refractivity contribution < 1.29 is 5.11 Å². The number of hydrogen-bond acceptors (Lipinski definition) is 4. The molecule has 2 aromatic rings. The molecule has 2 heterocycles. The van der Waals surface area contributed by atoms with E-state index in [2.05, 4.69) is 45.5 Å². The predicted molar refractivity (Wildman–Crippen MR) is 93.3 cm³/mol. The van der Waals surface area contributed by atoms with Crippen LogP contribution in [0.1, 0.15) is 29.7 Å². The first-order chi connectivity index (χ1) is 11.2. The minimum absolute atomic E-state index is 0.117. The van der Waals surface area contributed by atoms with Gasteiger partial charge in [0.05, 0.1) is 6.10 Å². The average molecular weight is 311 g/mol. The van der Waals surface area contributed by atoms with Crippen LogP contribution in [-0.4, -0.2) is 34.2 Å². The number of nitrogens with zero attached hydrogens (tertiary/aromatic N) is 2. The fraction of sp³-hybridized carbons (Fsp3) is 0.421. The lowest BCUT2D eigenvalue weighted by Crippen LogP contribution is -2.35. The van der Waals surface area contributed by atoms with Gasteiger partial charge < -0.3 is 10.4 Å². The Morgan fingerprint density at radius 1 is 1.13 bits per heavy atom. The van der Waals surface area contributed by atoms with Crippen molar-refractivity contribution in [2.75, 3.05) is 18.4 Å². The van der Waals surface area contributed by atoms with Gasteiger partial charge in [-0.05, 0) is 43.0 Å². The summed E-state index contributed by atoms with van der Waals surface area (Å²) in [6, 6.07) is 12.6. The van der Waals surface area contributed by atoms with Crippen molar-refractivity contribution >= 4 is 5.69 Å². The number of para-hydroxylation sites is 1. The number of hydrogen-bond donors (Lipinski definition) is 2. The summed E-state index contributed by atoms with van der Waals surface area (Å²) in [6.45, 7) is 5.70. The third kappa shape index (κ3) is 4.30. The number of likely N-dealkylation sites (tertiary alicyclic amines) is 1. The zero-order valence-electron chi connectivity index (χ0n) is 13.7. The number of aryl methyl sites for hydroxylation is 1. The third-order valence-electron chi connectivity index (χ3n) is 4.55. The number of anilines is 1. The Hall–Kier alpha value is -1.91. The molecule has 0 aliphatic carbocycles. The molecule has 0 amide bonds. The lowest BCUT2D eigenvalue weighted by atomic mass is 10.1. The van der Waals surface area contributed by atoms with Crippen molar-refractivity contribution in [2.45, 2.75) is 39.0 Å². The van der Waals surface area contributed by atoms with E-state index >= 15 is 0 Å². The molecule has 3 rings (SSSR count). The van der Waals surface area contributed by atoms with E-state index in [9.17, 15) is 5.11 Å². The average Bonchev–Trinajstić information content (AvgIpc) is 2.57. The van der Waals surface area contributed by atoms with Crippen LogP contribution in [0.3, 0.4) is 0 Å². The summed E-state index contributed by atoms with van der Waals surface area (Å²) in [5.74, 6) is 0. The van der Waals surface area contributed by atoms with E-state index in [1.165, 1.54) is 16.8 Å². The van der Waals surface area contributed by atoms with Gasteiger partial charge in [0.25, 0.3) is 0 Å². The van der Waals surface area contributed by atoms with Gasteiger partial charge in [0, 0.05) is 43.8 Å². The Labute approximate surface area is 138 Å². The molecule has 1 aliphatic rings. The first kappa shape index (κ1) is 16.0. The fourth-order valence-electron chi connectivity index (χ4n) is 3.04. The molecule has 1 aromatic heterocycles. The summed E-state index contributed by atoms with van der Waals surface area (Å²) in [5.41, 5.74) is 4.79. The van der Waals surface area contributed by atoms with Gasteiger partial charge in [0.15, 0.2) is 0 Å². The third-order valence-corrected chi connectivity index (χ3v) is 4.55. The minimum atomic E-state index is -0.117. The van der Waals surface area contributed by atoms with Gasteiger partial charge in [-0.2, -0.15) is 0 Å². The Morgan fingerprint density at radius 2 is 1.87 bits per heavy atom. The molecule has 0 unspecified atom stereocenters. The Bertz CT molecular complexity index is 636. The molecule has 122 valence electrons. The number of pyridine rings is 1. The molecular weight excluding hydrogens is 286 g/mol. The molecule has 0 bridgehead atoms. The van der Waals surface area contributed by atoms with Crippen LogP contribution in [0.25, 0.3) is 0 Å². The van der Waals surface area contributed by atoms with Crippen LogP contribution in [-0.2, 0) is 13.1 Å². The quantitative estimate of drug-likeness (QED) is 0.891. The maximum absolute atomic E-state index is 9.64. The molecule has 0 radical (unpaired) electrons. The summed E-state index contributed by atoms with van der Waals surface area (Å²) in [4.78, 5) is 6.76. The van der Waals surface area contributed by atoms with Crippen LogP contribution in [0.2, 0.25) is 0 Å². The van der Waals surface area contributed by atoms with E-state index < -0.39 is 0 Å². The smallest absolute Gasteiger partial charge is 0.0564 e. The Balaban J connectivity index is 1.65. The molecule has 1 fully saturated rings. The highest BCUT2D eigenvalue weighted by atomic mass is 16.3. The second-order valence-corrected chi connectivity index (χ2v) is 6.27. The number of aromatic nitrogens is 1. The van der Waals surface area contributed by atoms with Crippen molar-refractivity contribution in [1.29, 1.82) is 0 Å². The molecule has 4 nitrogen and oxygen atoms in total. The van der Waals surface area contributed by atoms with E-state index in [1.807, 2.05) is 19.2 Å². The van der Waals surface area contributed by atoms with Crippen LogP contribution < -0.4 is 5.32 Å². The van der Waals surface area contributed by atoms with Crippen molar-refractivity contribution in [3.63, 3.8) is 0 Å². The molecule has 1 saturated heterocycles. The maximum atomic E-state index is 9.64. The van der Waals surface area contributed by atoms with Crippen LogP contribution in [0.5, 0.6) is 0 Å². The van der Waals surface area contributed by atoms with Crippen molar-refractivity contribution in [1.82, 2.24) is 9.88 Å². The number of aliphatic hydroxyl groups excluding tert-OH is 1. The number of aliphatic hydroxyl groups is 1. The SMILES string of the molecule is Cc1ncccc1CNc1ccccc1CN1CCC(O)CC1. The van der Waals surface area contributed by atoms with Gasteiger partial charge in [0.1, 0.15) is 0 Å². The van der Waals surface area contributed by atoms with Gasteiger partial charge in [-0.1, -0.05) is 24.3 Å². The zero-order chi connectivity index (χ0) is 16.1. The maximum Gasteiger partial charge on any atom is 0.0564 e. The van der Waals surface area contributed by atoms with E-state index in [-0.39, 0.29) is 6.10 Å². The van der Waals surface area contributed by atoms with E-state index in [1.54, 1.807) is 0 Å². The highest BCUT2D eigenvalue weighted by Gasteiger charge is 2.17. The molecule has 2 N–H and O–H groups in total. The number of rotatable bonds is 5. The van der Waals surface area contributed by atoms with Gasteiger partial charge in [-0.3, -0.25) is 9.88 Å².